The molecule has 0 radical (unpaired) electrons. The van der Waals surface area contributed by atoms with Crippen LogP contribution in [-0.4, -0.2) is 255 Å². The number of hydrogen-bond acceptors (Lipinski definition) is 16. The van der Waals surface area contributed by atoms with Gasteiger partial charge in [-0.1, -0.05) is 145 Å². The van der Waals surface area contributed by atoms with Crippen molar-refractivity contribution in [2.45, 2.75) is 260 Å². The predicted molar refractivity (Wildman–Crippen MR) is 505 cm³/mol. The number of hydrogen-bond donors (Lipinski definition) is 6. The maximum Gasteiger partial charge on any atom is 0.309 e. The number of carbonyl (C=O) groups excluding carboxylic acids is 15. The van der Waals surface area contributed by atoms with Gasteiger partial charge in [0, 0.05) is 171 Å². The monoisotopic (exact) mass is 1930 g/mol. The lowest BCUT2D eigenvalue weighted by Crippen LogP contribution is -2.50. The van der Waals surface area contributed by atoms with Crippen LogP contribution in [0, 0.1) is 79.0 Å². The van der Waals surface area contributed by atoms with Crippen molar-refractivity contribution in [3.63, 3.8) is 0 Å². The number of benzene rings is 5. The Labute approximate surface area is 816 Å². The van der Waals surface area contributed by atoms with E-state index in [0.717, 1.165) is 99.1 Å². The Balaban J connectivity index is 0.000000126. The second-order valence-corrected chi connectivity index (χ2v) is 39.6. The fourth-order valence-corrected chi connectivity index (χ4v) is 22.2. The first kappa shape index (κ1) is 99.5. The molecule has 15 aliphatic rings. The molecule has 15 amide bonds. The van der Waals surface area contributed by atoms with Crippen LogP contribution in [0.1, 0.15) is 171 Å². The molecule has 6 N–H and O–H groups in total. The minimum absolute atomic E-state index is 0.0155. The molecule has 15 heterocycles. The maximum absolute atomic E-state index is 13.7. The molecular weight excluding hydrogens is 1820 g/mol. The average molecular weight is 1930 g/mol. The number of likely N-dealkylation sites (tertiary alicyclic amines) is 5. The Bertz CT molecular complexity index is 5820. The van der Waals surface area contributed by atoms with Gasteiger partial charge in [-0.2, -0.15) is 0 Å². The average Bonchev–Trinajstić information content (AvgIpc) is 1.68. The summed E-state index contributed by atoms with van der Waals surface area (Å²) in [5, 5.41) is 24.1. The standard InChI is InChI=1S/C21H22ClN3O3.C21H21F2N3O3.C21H22FN3O3.C21H23N3O3.C20H26BN3O4/c1-2-17-4-3-7-25(17)21(28)18-9-14(20(27)23-18)10-19(26)24-11-13-5-6-16(22)8-15(13)12-24;1-2-16-9-21(22,23)12-26(16)20(29)17-7-15(19(28)24-17)8-18(27)25-10-13-5-3-4-6-14(13)11-25;1-2-17-9-16(22)12-25(17)21(28)18-7-15(20(27)23-18)8-19(26)24-10-13-5-3-4-6-14(13)11-24;1-2-17-8-5-9-24(17)21(27)18-10-16(20(26)22-18)11-19(25)23-12-14-6-3-4-7-15(14)13-23;1-21(28)17-7-4-8-24(17)20(27)16-9-15(19(26)22-16)10-18(25)23-11-13-5-2-3-6-14(13)12-23/h1,5-6,8,14,17-18H,3-4,7,9-12H2,(H,23,27);1,3-6,15-17H,7-12H2,(H,24,28);1,3-6,15-18H,7-12H2,(H,23,27);1,3-4,6-7,16-18H,5,8-13H2,(H,22,26);2-3,5-6,15-17,28H,4,7-12H2,1H3,(H,22,26)/t14-,17?,18-;15-,16?,17-;15-,16-,17?,18-;16-,17?,18-;15-,16-,17-/m00000/s1. The number of amides is 15. The first-order valence-corrected chi connectivity index (χ1v) is 48.6. The van der Waals surface area contributed by atoms with E-state index in [1.807, 2.05) is 115 Å². The van der Waals surface area contributed by atoms with Crippen molar-refractivity contribution in [1.82, 2.24) is 75.6 Å². The van der Waals surface area contributed by atoms with E-state index < -0.39 is 116 Å². The minimum atomic E-state index is -3.03. The number of fused-ring (bicyclic) bond motifs is 5. The molecule has 0 aromatic heterocycles. The number of nitrogens with one attached hydrogen (secondary N) is 5. The van der Waals surface area contributed by atoms with Gasteiger partial charge in [-0.15, -0.1) is 25.7 Å². The molecule has 5 aromatic carbocycles. The number of terminal acetylenes is 4. The summed E-state index contributed by atoms with van der Waals surface area (Å²) in [7, 11) is 0. The molecule has 10 saturated heterocycles. The molecular formula is C104H114BClF3N15O16. The summed E-state index contributed by atoms with van der Waals surface area (Å²) in [5.41, 5.74) is 11.1. The zero-order chi connectivity index (χ0) is 99.2. The Hall–Kier alpha value is -13.5. The molecule has 0 saturated carbocycles. The Kier molecular flexibility index (Phi) is 30.6. The SMILES string of the molecule is C#CC1CC(F)(F)CN1C(=O)[C@@H]1C[C@@H](CC(=O)N2Cc3ccccc3C2)C(=O)N1.C#CC1CCCN1C(=O)[C@@H]1C[C@@H](CC(=O)N2Cc3ccc(Cl)cc3C2)C(=O)N1.C#CC1CCCN1C(=O)[C@@H]1C[C@@H](CC(=O)N2Cc3ccccc3C2)C(=O)N1.C#CC1C[C@H](F)CN1C(=O)[C@@H]1C[C@@H](CC(=O)N2Cc3ccccc3C2)C(=O)N1.CB(O)[C@@H]1CCCN1C(=O)[C@@H]1C[C@@H](CC(=O)N2Cc3ccccc3C2)C(=O)N1. The minimum Gasteiger partial charge on any atom is -0.449 e. The highest BCUT2D eigenvalue weighted by Gasteiger charge is 2.52. The van der Waals surface area contributed by atoms with Gasteiger partial charge in [0.15, 0.2) is 0 Å². The third kappa shape index (κ3) is 22.3. The van der Waals surface area contributed by atoms with Gasteiger partial charge in [-0.25, -0.2) is 13.2 Å². The molecule has 732 valence electrons. The molecule has 4 unspecified atom stereocenters. The second kappa shape index (κ2) is 43.1. The van der Waals surface area contributed by atoms with Gasteiger partial charge in [0.25, 0.3) is 5.92 Å². The largest absolute Gasteiger partial charge is 0.449 e. The smallest absolute Gasteiger partial charge is 0.309 e. The molecule has 20 rings (SSSR count). The van der Waals surface area contributed by atoms with Crippen molar-refractivity contribution >= 4 is 107 Å². The zero-order valence-corrected chi connectivity index (χ0v) is 78.7. The molecule has 10 fully saturated rings. The van der Waals surface area contributed by atoms with E-state index in [9.17, 15) is 90.1 Å². The first-order valence-electron chi connectivity index (χ1n) is 48.2. The molecule has 15 aliphatic heterocycles. The summed E-state index contributed by atoms with van der Waals surface area (Å²) in [6.07, 6.45) is 26.9. The van der Waals surface area contributed by atoms with Gasteiger partial charge in [0.2, 0.25) is 88.6 Å². The number of halogens is 4. The number of rotatable bonds is 16. The fraction of sp³-hybridized carbons (Fsp3) is 0.490. The second-order valence-electron chi connectivity index (χ2n) is 39.1. The molecule has 5 aromatic rings. The van der Waals surface area contributed by atoms with Crippen LogP contribution in [0.3, 0.4) is 0 Å². The Morgan fingerprint density at radius 3 is 0.957 bits per heavy atom. The predicted octanol–water partition coefficient (Wildman–Crippen LogP) is 5.61. The molecule has 16 atom stereocenters. The van der Waals surface area contributed by atoms with Gasteiger partial charge >= 0.3 is 6.92 Å². The Morgan fingerprint density at radius 1 is 0.379 bits per heavy atom. The first-order chi connectivity index (χ1) is 67.2. The normalized spacial score (nSPS) is 27.1. The van der Waals surface area contributed by atoms with Crippen molar-refractivity contribution in [2.24, 2.45) is 29.6 Å². The van der Waals surface area contributed by atoms with Crippen molar-refractivity contribution in [3.05, 3.63) is 176 Å². The van der Waals surface area contributed by atoms with E-state index in [0.29, 0.717) is 109 Å². The molecule has 140 heavy (non-hydrogen) atoms. The van der Waals surface area contributed by atoms with Crippen LogP contribution in [-0.2, 0) is 137 Å². The van der Waals surface area contributed by atoms with Gasteiger partial charge in [0.1, 0.15) is 36.4 Å². The topological polar surface area (TPSA) is 369 Å². The van der Waals surface area contributed by atoms with E-state index >= 15 is 0 Å². The van der Waals surface area contributed by atoms with Gasteiger partial charge in [0.05, 0.1) is 37.3 Å². The molecule has 31 nitrogen and oxygen atoms in total. The van der Waals surface area contributed by atoms with E-state index in [1.54, 1.807) is 46.0 Å². The van der Waals surface area contributed by atoms with Crippen LogP contribution < -0.4 is 26.6 Å². The lowest BCUT2D eigenvalue weighted by atomic mass is 9.62. The van der Waals surface area contributed by atoms with Crippen molar-refractivity contribution < 1.29 is 90.1 Å². The van der Waals surface area contributed by atoms with Crippen LogP contribution in [0.15, 0.2) is 115 Å². The summed E-state index contributed by atoms with van der Waals surface area (Å²) < 4.78 is 41.0. The van der Waals surface area contributed by atoms with Crippen LogP contribution in [0.4, 0.5) is 13.2 Å². The summed E-state index contributed by atoms with van der Waals surface area (Å²) in [5.74, 6) is 0.931. The van der Waals surface area contributed by atoms with Crippen molar-refractivity contribution in [2.75, 3.05) is 32.7 Å². The van der Waals surface area contributed by atoms with Crippen LogP contribution in [0.2, 0.25) is 11.8 Å². The van der Waals surface area contributed by atoms with E-state index in [-0.39, 0.29) is 153 Å². The van der Waals surface area contributed by atoms with Crippen LogP contribution in [0.25, 0.3) is 0 Å². The zero-order valence-electron chi connectivity index (χ0n) is 78.0. The molecule has 0 spiro atoms. The van der Waals surface area contributed by atoms with Gasteiger partial charge < -0.3 is 80.6 Å². The highest BCUT2D eigenvalue weighted by molar-refractivity contribution is 6.51. The molecule has 0 bridgehead atoms. The molecule has 0 aliphatic carbocycles. The molecule has 36 heteroatoms. The number of carbonyl (C=O) groups is 15. The lowest BCUT2D eigenvalue weighted by molar-refractivity contribution is -0.136. The van der Waals surface area contributed by atoms with Gasteiger partial charge in [-0.3, -0.25) is 71.9 Å². The fourth-order valence-electron chi connectivity index (χ4n) is 22.0. The van der Waals surface area contributed by atoms with Crippen molar-refractivity contribution in [3.8, 4) is 49.4 Å². The van der Waals surface area contributed by atoms with Crippen LogP contribution in [0.5, 0.6) is 0 Å². The van der Waals surface area contributed by atoms with E-state index in [1.165, 1.54) is 4.90 Å². The summed E-state index contributed by atoms with van der Waals surface area (Å²) in [6.45, 7) is 7.62. The lowest BCUT2D eigenvalue weighted by Gasteiger charge is -2.27. The van der Waals surface area contributed by atoms with Gasteiger partial charge in [-0.05, 0) is 138 Å². The highest BCUT2D eigenvalue weighted by Crippen LogP contribution is 2.39. The quantitative estimate of drug-likeness (QED) is 0.0517. The van der Waals surface area contributed by atoms with E-state index in [4.69, 9.17) is 37.3 Å². The Morgan fingerprint density at radius 2 is 0.650 bits per heavy atom. The highest BCUT2D eigenvalue weighted by atomic mass is 35.5. The third-order valence-corrected chi connectivity index (χ3v) is 30.0. The summed E-state index contributed by atoms with van der Waals surface area (Å²) in [4.78, 5) is 205. The number of alkyl halides is 3. The maximum atomic E-state index is 13.7. The number of nitrogens with zero attached hydrogens (tertiary/aromatic N) is 10. The van der Waals surface area contributed by atoms with Crippen molar-refractivity contribution in [1.29, 1.82) is 0 Å². The van der Waals surface area contributed by atoms with Crippen LogP contribution >= 0.6 is 11.6 Å². The summed E-state index contributed by atoms with van der Waals surface area (Å²) >= 11 is 6.02. The van der Waals surface area contributed by atoms with E-state index in [2.05, 4.69) is 50.3 Å². The summed E-state index contributed by atoms with van der Waals surface area (Å²) in [6, 6.07) is 31.8. The third-order valence-electron chi connectivity index (χ3n) is 29.7.